The summed E-state index contributed by atoms with van der Waals surface area (Å²) in [6, 6.07) is 8.94. The summed E-state index contributed by atoms with van der Waals surface area (Å²) < 4.78 is 67.2. The van der Waals surface area contributed by atoms with Crippen molar-refractivity contribution in [2.45, 2.75) is 37.6 Å². The minimum absolute atomic E-state index is 0.0330. The van der Waals surface area contributed by atoms with Gasteiger partial charge in [0, 0.05) is 12.1 Å². The number of aromatic nitrogens is 2. The highest BCUT2D eigenvalue weighted by molar-refractivity contribution is 5.38. The van der Waals surface area contributed by atoms with Gasteiger partial charge in [-0.3, -0.25) is 4.68 Å². The van der Waals surface area contributed by atoms with Crippen molar-refractivity contribution >= 4 is 0 Å². The maximum absolute atomic E-state index is 13.6. The van der Waals surface area contributed by atoms with Gasteiger partial charge in [0.1, 0.15) is 6.10 Å². The van der Waals surface area contributed by atoms with Crippen molar-refractivity contribution in [2.75, 3.05) is 0 Å². The predicted molar refractivity (Wildman–Crippen MR) is 71.0 cm³/mol. The smallest absolute Gasteiger partial charge is 0.382 e. The van der Waals surface area contributed by atoms with Gasteiger partial charge >= 0.3 is 6.18 Å². The molecule has 0 aliphatic heterocycles. The minimum atomic E-state index is -4.89. The van der Waals surface area contributed by atoms with Crippen molar-refractivity contribution in [3.63, 3.8) is 0 Å². The molecular weight excluding hydrogens is 319 g/mol. The molecule has 1 aromatic carbocycles. The molecule has 124 valence electrons. The predicted octanol–water partition coefficient (Wildman–Crippen LogP) is 3.37. The molecule has 3 nitrogen and oxygen atoms in total. The maximum atomic E-state index is 13.6. The van der Waals surface area contributed by atoms with Gasteiger partial charge in [0.15, 0.2) is 5.69 Å². The Morgan fingerprint density at radius 2 is 1.87 bits per heavy atom. The molecule has 8 heteroatoms. The fraction of sp³-hybridized carbons (Fsp3) is 0.400. The van der Waals surface area contributed by atoms with Crippen LogP contribution in [0.15, 0.2) is 30.3 Å². The Hall–Kier alpha value is -1.96. The molecule has 0 saturated carbocycles. The van der Waals surface area contributed by atoms with Gasteiger partial charge in [-0.05, 0) is 12.0 Å². The van der Waals surface area contributed by atoms with E-state index in [1.807, 2.05) is 0 Å². The number of halogens is 5. The van der Waals surface area contributed by atoms with E-state index in [4.69, 9.17) is 0 Å². The fourth-order valence-electron chi connectivity index (χ4n) is 2.79. The zero-order chi connectivity index (χ0) is 16.8. The third kappa shape index (κ3) is 2.83. The number of aliphatic hydroxyl groups excluding tert-OH is 1. The number of aryl methyl sites for hydroxylation is 2. The SMILES string of the molecule is O[C@H]1c2c(C(F)(F)F)nn(CCc3ccccc3)c2CC1(F)F. The molecule has 1 aliphatic rings. The van der Waals surface area contributed by atoms with Crippen LogP contribution in [-0.4, -0.2) is 20.8 Å². The summed E-state index contributed by atoms with van der Waals surface area (Å²) in [5.41, 5.74) is -1.61. The van der Waals surface area contributed by atoms with Crippen LogP contribution in [0, 0.1) is 0 Å². The van der Waals surface area contributed by atoms with Gasteiger partial charge in [-0.1, -0.05) is 30.3 Å². The fourth-order valence-corrected chi connectivity index (χ4v) is 2.79. The van der Waals surface area contributed by atoms with Crippen molar-refractivity contribution in [2.24, 2.45) is 0 Å². The molecule has 1 atom stereocenters. The van der Waals surface area contributed by atoms with Crippen LogP contribution in [0.1, 0.15) is 28.6 Å². The first-order chi connectivity index (χ1) is 10.7. The highest BCUT2D eigenvalue weighted by atomic mass is 19.4. The summed E-state index contributed by atoms with van der Waals surface area (Å²) in [5.74, 6) is -3.61. The zero-order valence-corrected chi connectivity index (χ0v) is 11.8. The average molecular weight is 332 g/mol. The number of hydrogen-bond acceptors (Lipinski definition) is 2. The van der Waals surface area contributed by atoms with Crippen LogP contribution in [0.5, 0.6) is 0 Å². The first-order valence-corrected chi connectivity index (χ1v) is 6.97. The van der Waals surface area contributed by atoms with E-state index in [2.05, 4.69) is 5.10 Å². The molecule has 1 heterocycles. The molecule has 0 spiro atoms. The second kappa shape index (κ2) is 5.30. The van der Waals surface area contributed by atoms with Gasteiger partial charge in [0.2, 0.25) is 0 Å². The number of benzene rings is 1. The lowest BCUT2D eigenvalue weighted by atomic mass is 10.1. The lowest BCUT2D eigenvalue weighted by Crippen LogP contribution is -2.25. The molecule has 0 amide bonds. The van der Waals surface area contributed by atoms with Crippen LogP contribution < -0.4 is 0 Å². The van der Waals surface area contributed by atoms with E-state index in [1.165, 1.54) is 0 Å². The van der Waals surface area contributed by atoms with Crippen molar-refractivity contribution in [3.8, 4) is 0 Å². The molecule has 0 unspecified atom stereocenters. The highest BCUT2D eigenvalue weighted by Gasteiger charge is 2.54. The van der Waals surface area contributed by atoms with Gasteiger partial charge in [0.05, 0.1) is 12.1 Å². The largest absolute Gasteiger partial charge is 0.435 e. The van der Waals surface area contributed by atoms with Gasteiger partial charge in [-0.15, -0.1) is 0 Å². The molecule has 3 rings (SSSR count). The molecule has 1 aromatic heterocycles. The third-order valence-corrected chi connectivity index (χ3v) is 3.90. The second-order valence-corrected chi connectivity index (χ2v) is 5.51. The quantitative estimate of drug-likeness (QED) is 0.875. The summed E-state index contributed by atoms with van der Waals surface area (Å²) in [6.45, 7) is 0.0330. The van der Waals surface area contributed by atoms with E-state index in [1.54, 1.807) is 30.3 Å². The van der Waals surface area contributed by atoms with Crippen LogP contribution in [0.2, 0.25) is 0 Å². The molecule has 1 N–H and O–H groups in total. The highest BCUT2D eigenvalue weighted by Crippen LogP contribution is 2.48. The van der Waals surface area contributed by atoms with E-state index in [9.17, 15) is 27.1 Å². The molecular formula is C15H13F5N2O. The van der Waals surface area contributed by atoms with E-state index in [0.29, 0.717) is 6.42 Å². The Balaban J connectivity index is 1.95. The molecule has 2 aromatic rings. The standard InChI is InChI=1S/C15H13F5N2O/c16-14(17)8-10-11(13(14)23)12(15(18,19)20)21-22(10)7-6-9-4-2-1-3-5-9/h1-5,13,23H,6-8H2/t13-/m0/s1. The van der Waals surface area contributed by atoms with Crippen LogP contribution in [-0.2, 0) is 25.6 Å². The number of aliphatic hydroxyl groups is 1. The van der Waals surface area contributed by atoms with Gasteiger partial charge < -0.3 is 5.11 Å². The normalized spacial score (nSPS) is 19.8. The Morgan fingerprint density at radius 1 is 1.22 bits per heavy atom. The summed E-state index contributed by atoms with van der Waals surface area (Å²) in [4.78, 5) is 0. The van der Waals surface area contributed by atoms with Crippen LogP contribution in [0.3, 0.4) is 0 Å². The molecule has 0 fully saturated rings. The van der Waals surface area contributed by atoms with Crippen molar-refractivity contribution in [3.05, 3.63) is 52.8 Å². The average Bonchev–Trinajstić information content (AvgIpc) is 2.93. The Labute approximate surface area is 128 Å². The minimum Gasteiger partial charge on any atom is -0.382 e. The number of fused-ring (bicyclic) bond motifs is 1. The lowest BCUT2D eigenvalue weighted by molar-refractivity contribution is -0.146. The van der Waals surface area contributed by atoms with E-state index >= 15 is 0 Å². The van der Waals surface area contributed by atoms with Gasteiger partial charge in [-0.2, -0.15) is 18.3 Å². The van der Waals surface area contributed by atoms with Crippen LogP contribution in [0.4, 0.5) is 22.0 Å². The van der Waals surface area contributed by atoms with Gasteiger partial charge in [-0.25, -0.2) is 8.78 Å². The Bertz CT molecular complexity index is 709. The lowest BCUT2D eigenvalue weighted by Gasteiger charge is -2.15. The zero-order valence-electron chi connectivity index (χ0n) is 11.8. The summed E-state index contributed by atoms with van der Waals surface area (Å²) in [5, 5.41) is 13.0. The van der Waals surface area contributed by atoms with Crippen molar-refractivity contribution in [1.29, 1.82) is 0 Å². The second-order valence-electron chi connectivity index (χ2n) is 5.51. The molecule has 1 aliphatic carbocycles. The topological polar surface area (TPSA) is 38.1 Å². The monoisotopic (exact) mass is 332 g/mol. The van der Waals surface area contributed by atoms with Crippen LogP contribution in [0.25, 0.3) is 0 Å². The number of hydrogen-bond donors (Lipinski definition) is 1. The Morgan fingerprint density at radius 3 is 2.48 bits per heavy atom. The third-order valence-electron chi connectivity index (χ3n) is 3.90. The number of alkyl halides is 5. The molecule has 0 bridgehead atoms. The van der Waals surface area contributed by atoms with E-state index < -0.39 is 35.9 Å². The van der Waals surface area contributed by atoms with Crippen molar-refractivity contribution < 1.29 is 27.1 Å². The first kappa shape index (κ1) is 15.9. The molecule has 23 heavy (non-hydrogen) atoms. The van der Waals surface area contributed by atoms with Crippen LogP contribution >= 0.6 is 0 Å². The molecule has 0 saturated heterocycles. The summed E-state index contributed by atoms with van der Waals surface area (Å²) in [6.07, 6.45) is -7.95. The van der Waals surface area contributed by atoms with Crippen molar-refractivity contribution in [1.82, 2.24) is 9.78 Å². The molecule has 0 radical (unpaired) electrons. The first-order valence-electron chi connectivity index (χ1n) is 6.97. The Kier molecular flexibility index (Phi) is 3.66. The number of nitrogens with zero attached hydrogens (tertiary/aromatic N) is 2. The number of rotatable bonds is 3. The summed E-state index contributed by atoms with van der Waals surface area (Å²) >= 11 is 0. The summed E-state index contributed by atoms with van der Waals surface area (Å²) in [7, 11) is 0. The van der Waals surface area contributed by atoms with E-state index in [0.717, 1.165) is 10.2 Å². The van der Waals surface area contributed by atoms with E-state index in [-0.39, 0.29) is 12.2 Å². The maximum Gasteiger partial charge on any atom is 0.435 e. The van der Waals surface area contributed by atoms with Gasteiger partial charge in [0.25, 0.3) is 5.92 Å².